The highest BCUT2D eigenvalue weighted by atomic mass is 16.3. The Morgan fingerprint density at radius 2 is 2.00 bits per heavy atom. The highest BCUT2D eigenvalue weighted by Crippen LogP contribution is 2.36. The van der Waals surface area contributed by atoms with Gasteiger partial charge < -0.3 is 10.0 Å². The second-order valence-corrected chi connectivity index (χ2v) is 5.82. The van der Waals surface area contributed by atoms with Crippen molar-refractivity contribution in [3.8, 4) is 0 Å². The molecule has 1 saturated heterocycles. The molecule has 1 amide bonds. The summed E-state index contributed by atoms with van der Waals surface area (Å²) in [5.74, 6) is 1.88. The van der Waals surface area contributed by atoms with Crippen molar-refractivity contribution in [2.24, 2.45) is 11.8 Å². The van der Waals surface area contributed by atoms with Crippen molar-refractivity contribution in [1.29, 1.82) is 0 Å². The molecule has 98 valence electrons. The summed E-state index contributed by atoms with van der Waals surface area (Å²) in [5.41, 5.74) is 0. The van der Waals surface area contributed by atoms with Gasteiger partial charge in [0.15, 0.2) is 0 Å². The Kier molecular flexibility index (Phi) is 4.43. The van der Waals surface area contributed by atoms with Gasteiger partial charge >= 0.3 is 0 Å². The normalized spacial score (nSPS) is 30.8. The van der Waals surface area contributed by atoms with Crippen LogP contribution in [0.3, 0.4) is 0 Å². The first-order valence-corrected chi connectivity index (χ1v) is 7.12. The summed E-state index contributed by atoms with van der Waals surface area (Å²) in [5, 5.41) is 9.22. The minimum absolute atomic E-state index is 0.245. The van der Waals surface area contributed by atoms with Crippen LogP contribution in [0, 0.1) is 11.8 Å². The smallest absolute Gasteiger partial charge is 0.222 e. The summed E-state index contributed by atoms with van der Waals surface area (Å²) in [6, 6.07) is 0. The molecular formula is C14H25NO2. The van der Waals surface area contributed by atoms with E-state index in [0.717, 1.165) is 24.9 Å². The van der Waals surface area contributed by atoms with Crippen LogP contribution in [0.5, 0.6) is 0 Å². The fourth-order valence-corrected chi connectivity index (χ4v) is 3.32. The van der Waals surface area contributed by atoms with Gasteiger partial charge in [-0.25, -0.2) is 0 Å². The van der Waals surface area contributed by atoms with E-state index in [0.29, 0.717) is 12.8 Å². The molecule has 3 unspecified atom stereocenters. The van der Waals surface area contributed by atoms with Crippen molar-refractivity contribution >= 4 is 5.91 Å². The largest absolute Gasteiger partial charge is 0.393 e. The van der Waals surface area contributed by atoms with Crippen LogP contribution in [-0.2, 0) is 4.79 Å². The molecule has 3 heteroatoms. The molecule has 1 heterocycles. The Morgan fingerprint density at radius 3 is 2.71 bits per heavy atom. The number of amides is 1. The third-order valence-electron chi connectivity index (χ3n) is 4.42. The van der Waals surface area contributed by atoms with Gasteiger partial charge in [0.1, 0.15) is 0 Å². The monoisotopic (exact) mass is 239 g/mol. The number of carbonyl (C=O) groups excluding carboxylic acids is 1. The second kappa shape index (κ2) is 5.85. The van der Waals surface area contributed by atoms with Gasteiger partial charge in [-0.05, 0) is 38.0 Å². The van der Waals surface area contributed by atoms with Crippen LogP contribution in [0.1, 0.15) is 51.9 Å². The molecule has 1 aliphatic carbocycles. The van der Waals surface area contributed by atoms with Crippen LogP contribution in [-0.4, -0.2) is 35.1 Å². The fourth-order valence-electron chi connectivity index (χ4n) is 3.32. The van der Waals surface area contributed by atoms with E-state index in [2.05, 4.69) is 0 Å². The van der Waals surface area contributed by atoms with Crippen molar-refractivity contribution in [1.82, 2.24) is 4.90 Å². The number of aliphatic hydroxyl groups excluding tert-OH is 1. The lowest BCUT2D eigenvalue weighted by Crippen LogP contribution is -2.44. The highest BCUT2D eigenvalue weighted by molar-refractivity contribution is 5.76. The maximum atomic E-state index is 12.0. The number of aliphatic hydroxyl groups is 1. The van der Waals surface area contributed by atoms with E-state index in [-0.39, 0.29) is 12.0 Å². The van der Waals surface area contributed by atoms with Crippen molar-refractivity contribution in [2.45, 2.75) is 58.0 Å². The minimum Gasteiger partial charge on any atom is -0.393 e. The first-order valence-electron chi connectivity index (χ1n) is 7.12. The maximum Gasteiger partial charge on any atom is 0.222 e. The van der Waals surface area contributed by atoms with Crippen LogP contribution < -0.4 is 0 Å². The Morgan fingerprint density at radius 1 is 1.29 bits per heavy atom. The zero-order valence-electron chi connectivity index (χ0n) is 10.9. The summed E-state index contributed by atoms with van der Waals surface area (Å²) >= 11 is 0. The maximum absolute atomic E-state index is 12.0. The zero-order chi connectivity index (χ0) is 12.3. The van der Waals surface area contributed by atoms with Crippen LogP contribution in [0.25, 0.3) is 0 Å². The number of nitrogens with zero attached hydrogens (tertiary/aromatic N) is 1. The van der Waals surface area contributed by atoms with Crippen molar-refractivity contribution in [3.05, 3.63) is 0 Å². The van der Waals surface area contributed by atoms with Crippen LogP contribution in [0.4, 0.5) is 0 Å². The molecular weight excluding hydrogens is 214 g/mol. The standard InChI is InChI=1S/C14H25NO2/c1-11(16)6-7-14(17)15-9-8-12-4-2-3-5-13(12)10-15/h11-13,16H,2-10H2,1H3. The summed E-state index contributed by atoms with van der Waals surface area (Å²) in [4.78, 5) is 14.0. The van der Waals surface area contributed by atoms with Gasteiger partial charge in [0.25, 0.3) is 0 Å². The van der Waals surface area contributed by atoms with Gasteiger partial charge in [-0.1, -0.05) is 19.3 Å². The van der Waals surface area contributed by atoms with Crippen molar-refractivity contribution in [2.75, 3.05) is 13.1 Å². The fraction of sp³-hybridized carbons (Fsp3) is 0.929. The van der Waals surface area contributed by atoms with E-state index in [4.69, 9.17) is 0 Å². The quantitative estimate of drug-likeness (QED) is 0.820. The lowest BCUT2D eigenvalue weighted by Gasteiger charge is -2.41. The number of piperidine rings is 1. The minimum atomic E-state index is -0.355. The topological polar surface area (TPSA) is 40.5 Å². The van der Waals surface area contributed by atoms with E-state index >= 15 is 0 Å². The van der Waals surface area contributed by atoms with Gasteiger partial charge in [-0.3, -0.25) is 4.79 Å². The number of hydrogen-bond donors (Lipinski definition) is 1. The predicted molar refractivity (Wildman–Crippen MR) is 67.6 cm³/mol. The van der Waals surface area contributed by atoms with Gasteiger partial charge in [0.05, 0.1) is 6.10 Å². The van der Waals surface area contributed by atoms with E-state index in [9.17, 15) is 9.90 Å². The Labute approximate surface area is 104 Å². The molecule has 2 aliphatic rings. The highest BCUT2D eigenvalue weighted by Gasteiger charge is 2.32. The van der Waals surface area contributed by atoms with Gasteiger partial charge in [0.2, 0.25) is 5.91 Å². The molecule has 1 saturated carbocycles. The van der Waals surface area contributed by atoms with E-state index in [1.165, 1.54) is 32.1 Å². The Bertz CT molecular complexity index is 265. The summed E-state index contributed by atoms with van der Waals surface area (Å²) < 4.78 is 0. The first-order chi connectivity index (χ1) is 8.16. The molecule has 0 radical (unpaired) electrons. The van der Waals surface area contributed by atoms with Crippen molar-refractivity contribution in [3.63, 3.8) is 0 Å². The van der Waals surface area contributed by atoms with Crippen LogP contribution in [0.2, 0.25) is 0 Å². The number of hydrogen-bond acceptors (Lipinski definition) is 2. The number of likely N-dealkylation sites (tertiary alicyclic amines) is 1. The van der Waals surface area contributed by atoms with Crippen LogP contribution in [0.15, 0.2) is 0 Å². The summed E-state index contributed by atoms with van der Waals surface area (Å²) in [6.45, 7) is 3.67. The summed E-state index contributed by atoms with van der Waals surface area (Å²) in [7, 11) is 0. The van der Waals surface area contributed by atoms with E-state index in [1.807, 2.05) is 4.90 Å². The second-order valence-electron chi connectivity index (χ2n) is 5.82. The molecule has 17 heavy (non-hydrogen) atoms. The molecule has 0 aromatic heterocycles. The Hall–Kier alpha value is -0.570. The lowest BCUT2D eigenvalue weighted by atomic mass is 9.75. The number of fused-ring (bicyclic) bond motifs is 1. The number of rotatable bonds is 3. The molecule has 0 spiro atoms. The molecule has 2 rings (SSSR count). The Balaban J connectivity index is 1.80. The molecule has 3 atom stereocenters. The molecule has 1 aliphatic heterocycles. The molecule has 0 bridgehead atoms. The van der Waals surface area contributed by atoms with Crippen molar-refractivity contribution < 1.29 is 9.90 Å². The molecule has 1 N–H and O–H groups in total. The van der Waals surface area contributed by atoms with E-state index < -0.39 is 0 Å². The van der Waals surface area contributed by atoms with Gasteiger partial charge in [-0.15, -0.1) is 0 Å². The molecule has 0 aromatic rings. The van der Waals surface area contributed by atoms with E-state index in [1.54, 1.807) is 6.92 Å². The number of carbonyl (C=O) groups is 1. The predicted octanol–water partition coefficient (Wildman–Crippen LogP) is 2.19. The molecule has 0 aromatic carbocycles. The zero-order valence-corrected chi connectivity index (χ0v) is 10.9. The third-order valence-corrected chi connectivity index (χ3v) is 4.42. The SMILES string of the molecule is CC(O)CCC(=O)N1CCC2CCCCC2C1. The summed E-state index contributed by atoms with van der Waals surface area (Å²) in [6.07, 6.45) is 7.37. The average Bonchev–Trinajstić information content (AvgIpc) is 2.35. The van der Waals surface area contributed by atoms with Gasteiger partial charge in [0, 0.05) is 19.5 Å². The molecule has 3 nitrogen and oxygen atoms in total. The van der Waals surface area contributed by atoms with Gasteiger partial charge in [-0.2, -0.15) is 0 Å². The van der Waals surface area contributed by atoms with Crippen LogP contribution >= 0.6 is 0 Å². The first kappa shape index (κ1) is 12.9. The lowest BCUT2D eigenvalue weighted by molar-refractivity contribution is -0.134. The molecule has 2 fully saturated rings. The third kappa shape index (κ3) is 3.44. The average molecular weight is 239 g/mol.